The lowest BCUT2D eigenvalue weighted by molar-refractivity contribution is -0.130. The Hall–Kier alpha value is -0.370. The third-order valence-electron chi connectivity index (χ3n) is 3.92. The van der Waals surface area contributed by atoms with Gasteiger partial charge in [0.2, 0.25) is 0 Å². The first-order valence-electron chi connectivity index (χ1n) is 6.41. The van der Waals surface area contributed by atoms with E-state index in [0.717, 1.165) is 19.4 Å². The van der Waals surface area contributed by atoms with Gasteiger partial charge in [-0.2, -0.15) is 0 Å². The van der Waals surface area contributed by atoms with Gasteiger partial charge in [-0.05, 0) is 18.3 Å². The first-order valence-corrected chi connectivity index (χ1v) is 6.41. The third kappa shape index (κ3) is 2.81. The Morgan fingerprint density at radius 3 is 2.53 bits per heavy atom. The second kappa shape index (κ2) is 5.11. The molecule has 0 bridgehead atoms. The second-order valence-corrected chi connectivity index (χ2v) is 5.23. The van der Waals surface area contributed by atoms with E-state index < -0.39 is 0 Å². The van der Waals surface area contributed by atoms with Gasteiger partial charge in [0.15, 0.2) is 5.78 Å². The van der Waals surface area contributed by atoms with Crippen LogP contribution in [0.3, 0.4) is 0 Å². The van der Waals surface area contributed by atoms with Gasteiger partial charge < -0.3 is 4.74 Å². The molecule has 2 fully saturated rings. The quantitative estimate of drug-likeness (QED) is 0.716. The van der Waals surface area contributed by atoms with Crippen molar-refractivity contribution in [2.45, 2.75) is 58.0 Å². The molecule has 0 radical (unpaired) electrons. The molecule has 86 valence electrons. The van der Waals surface area contributed by atoms with E-state index in [-0.39, 0.29) is 6.10 Å². The summed E-state index contributed by atoms with van der Waals surface area (Å²) in [5.41, 5.74) is 0. The molecule has 0 aromatic carbocycles. The van der Waals surface area contributed by atoms with Crippen molar-refractivity contribution in [2.24, 2.45) is 11.8 Å². The zero-order valence-corrected chi connectivity index (χ0v) is 9.71. The first-order chi connectivity index (χ1) is 7.27. The van der Waals surface area contributed by atoms with Crippen molar-refractivity contribution in [3.05, 3.63) is 0 Å². The fraction of sp³-hybridized carbons (Fsp3) is 0.923. The lowest BCUT2D eigenvalue weighted by Gasteiger charge is -2.22. The average molecular weight is 210 g/mol. The predicted molar refractivity (Wildman–Crippen MR) is 59.7 cm³/mol. The minimum atomic E-state index is -0.0769. The molecule has 1 saturated heterocycles. The van der Waals surface area contributed by atoms with Crippen molar-refractivity contribution in [2.75, 3.05) is 6.61 Å². The zero-order chi connectivity index (χ0) is 10.7. The van der Waals surface area contributed by atoms with E-state index in [0.29, 0.717) is 17.6 Å². The van der Waals surface area contributed by atoms with Crippen molar-refractivity contribution < 1.29 is 9.53 Å². The summed E-state index contributed by atoms with van der Waals surface area (Å²) in [6, 6.07) is 0. The molecule has 2 aliphatic rings. The first kappa shape index (κ1) is 11.1. The molecular formula is C13H22O2. The van der Waals surface area contributed by atoms with E-state index in [9.17, 15) is 4.79 Å². The molecule has 15 heavy (non-hydrogen) atoms. The van der Waals surface area contributed by atoms with Crippen LogP contribution in [0.1, 0.15) is 51.9 Å². The topological polar surface area (TPSA) is 26.3 Å². The van der Waals surface area contributed by atoms with Crippen molar-refractivity contribution in [1.29, 1.82) is 0 Å². The molecule has 2 unspecified atom stereocenters. The number of hydrogen-bond donors (Lipinski definition) is 0. The number of hydrogen-bond acceptors (Lipinski definition) is 2. The summed E-state index contributed by atoms with van der Waals surface area (Å²) in [5, 5.41) is 0. The Labute approximate surface area is 92.4 Å². The van der Waals surface area contributed by atoms with Crippen molar-refractivity contribution >= 4 is 5.78 Å². The molecule has 1 aliphatic carbocycles. The summed E-state index contributed by atoms with van der Waals surface area (Å²) in [6.07, 6.45) is 8.27. The zero-order valence-electron chi connectivity index (χ0n) is 9.71. The van der Waals surface area contributed by atoms with Crippen LogP contribution in [-0.4, -0.2) is 18.5 Å². The SMILES string of the molecule is CC1CCOC1C(=O)CC1CCCCC1. The number of Topliss-reactive ketones (excluding diaryl/α,β-unsaturated/α-hetero) is 1. The van der Waals surface area contributed by atoms with Gasteiger partial charge in [0.1, 0.15) is 6.10 Å². The summed E-state index contributed by atoms with van der Waals surface area (Å²) in [4.78, 5) is 12.0. The highest BCUT2D eigenvalue weighted by Gasteiger charge is 2.31. The van der Waals surface area contributed by atoms with Crippen LogP contribution in [0.2, 0.25) is 0 Å². The maximum atomic E-state index is 12.0. The van der Waals surface area contributed by atoms with Crippen molar-refractivity contribution in [3.8, 4) is 0 Å². The molecule has 2 rings (SSSR count). The van der Waals surface area contributed by atoms with Crippen LogP contribution in [0.5, 0.6) is 0 Å². The summed E-state index contributed by atoms with van der Waals surface area (Å²) in [6.45, 7) is 2.92. The molecule has 0 N–H and O–H groups in total. The van der Waals surface area contributed by atoms with Gasteiger partial charge >= 0.3 is 0 Å². The van der Waals surface area contributed by atoms with E-state index in [2.05, 4.69) is 6.92 Å². The highest BCUT2D eigenvalue weighted by Crippen LogP contribution is 2.29. The van der Waals surface area contributed by atoms with E-state index in [4.69, 9.17) is 4.74 Å². The monoisotopic (exact) mass is 210 g/mol. The number of carbonyl (C=O) groups excluding carboxylic acids is 1. The molecule has 1 heterocycles. The molecule has 0 amide bonds. The fourth-order valence-corrected chi connectivity index (χ4v) is 2.90. The highest BCUT2D eigenvalue weighted by atomic mass is 16.5. The molecule has 1 saturated carbocycles. The summed E-state index contributed by atoms with van der Waals surface area (Å²) < 4.78 is 5.52. The maximum Gasteiger partial charge on any atom is 0.162 e. The predicted octanol–water partition coefficient (Wildman–Crippen LogP) is 2.95. The molecule has 0 aromatic rings. The van der Waals surface area contributed by atoms with Crippen molar-refractivity contribution in [3.63, 3.8) is 0 Å². The lowest BCUT2D eigenvalue weighted by Crippen LogP contribution is -2.27. The second-order valence-electron chi connectivity index (χ2n) is 5.23. The molecule has 0 aromatic heterocycles. The van der Waals surface area contributed by atoms with Gasteiger partial charge in [-0.3, -0.25) is 4.79 Å². The van der Waals surface area contributed by atoms with Gasteiger partial charge in [0.25, 0.3) is 0 Å². The van der Waals surface area contributed by atoms with Crippen LogP contribution in [0.25, 0.3) is 0 Å². The Morgan fingerprint density at radius 1 is 1.20 bits per heavy atom. The standard InChI is InChI=1S/C13H22O2/c1-10-7-8-15-13(10)12(14)9-11-5-3-2-4-6-11/h10-11,13H,2-9H2,1H3. The van der Waals surface area contributed by atoms with Gasteiger partial charge in [-0.15, -0.1) is 0 Å². The molecule has 0 spiro atoms. The fourth-order valence-electron chi connectivity index (χ4n) is 2.90. The smallest absolute Gasteiger partial charge is 0.162 e. The largest absolute Gasteiger partial charge is 0.370 e. The highest BCUT2D eigenvalue weighted by molar-refractivity contribution is 5.83. The summed E-state index contributed by atoms with van der Waals surface area (Å²) in [7, 11) is 0. The van der Waals surface area contributed by atoms with Gasteiger partial charge in [0.05, 0.1) is 0 Å². The average Bonchev–Trinajstić information content (AvgIpc) is 2.66. The number of ether oxygens (including phenoxy) is 1. The number of rotatable bonds is 3. The normalized spacial score (nSPS) is 33.1. The Kier molecular flexibility index (Phi) is 3.79. The maximum absolute atomic E-state index is 12.0. The summed E-state index contributed by atoms with van der Waals surface area (Å²) in [5.74, 6) is 1.47. The van der Waals surface area contributed by atoms with E-state index in [1.54, 1.807) is 0 Å². The molecule has 2 nitrogen and oxygen atoms in total. The van der Waals surface area contributed by atoms with Crippen LogP contribution < -0.4 is 0 Å². The van der Waals surface area contributed by atoms with Crippen LogP contribution in [0.4, 0.5) is 0 Å². The van der Waals surface area contributed by atoms with Crippen LogP contribution in [0.15, 0.2) is 0 Å². The van der Waals surface area contributed by atoms with E-state index in [1.165, 1.54) is 32.1 Å². The Balaban J connectivity index is 1.80. The van der Waals surface area contributed by atoms with Crippen LogP contribution >= 0.6 is 0 Å². The Morgan fingerprint density at radius 2 is 1.93 bits per heavy atom. The van der Waals surface area contributed by atoms with Gasteiger partial charge in [0, 0.05) is 13.0 Å². The van der Waals surface area contributed by atoms with Gasteiger partial charge in [-0.1, -0.05) is 39.0 Å². The molecular weight excluding hydrogens is 188 g/mol. The van der Waals surface area contributed by atoms with Gasteiger partial charge in [-0.25, -0.2) is 0 Å². The van der Waals surface area contributed by atoms with E-state index >= 15 is 0 Å². The molecule has 1 aliphatic heterocycles. The number of carbonyl (C=O) groups is 1. The molecule has 2 heteroatoms. The minimum absolute atomic E-state index is 0.0769. The van der Waals surface area contributed by atoms with Crippen LogP contribution in [-0.2, 0) is 9.53 Å². The minimum Gasteiger partial charge on any atom is -0.370 e. The van der Waals surface area contributed by atoms with Crippen molar-refractivity contribution in [1.82, 2.24) is 0 Å². The third-order valence-corrected chi connectivity index (χ3v) is 3.92. The lowest BCUT2D eigenvalue weighted by atomic mass is 9.84. The molecule has 2 atom stereocenters. The Bertz CT molecular complexity index is 219. The number of ketones is 1. The van der Waals surface area contributed by atoms with Crippen LogP contribution in [0, 0.1) is 11.8 Å². The van der Waals surface area contributed by atoms with E-state index in [1.807, 2.05) is 0 Å². The summed E-state index contributed by atoms with van der Waals surface area (Å²) >= 11 is 0.